The zero-order valence-electron chi connectivity index (χ0n) is 12.3. The minimum Gasteiger partial charge on any atom is -0.475 e. The molecule has 1 heterocycles. The third-order valence-electron chi connectivity index (χ3n) is 4.55. The predicted octanol–water partition coefficient (Wildman–Crippen LogP) is 3.80. The second-order valence-corrected chi connectivity index (χ2v) is 5.96. The van der Waals surface area contributed by atoms with Gasteiger partial charge in [-0.3, -0.25) is 0 Å². The van der Waals surface area contributed by atoms with Crippen LogP contribution < -0.4 is 5.32 Å². The predicted molar refractivity (Wildman–Crippen MR) is 81.4 cm³/mol. The molecule has 0 saturated heterocycles. The Bertz CT molecular complexity index is 647. The first-order valence-corrected chi connectivity index (χ1v) is 7.64. The van der Waals surface area contributed by atoms with Crippen LogP contribution in [0.5, 0.6) is 0 Å². The fourth-order valence-corrected chi connectivity index (χ4v) is 3.30. The summed E-state index contributed by atoms with van der Waals surface area (Å²) in [6.45, 7) is 2.82. The van der Waals surface area contributed by atoms with Crippen molar-refractivity contribution in [1.29, 1.82) is 0 Å². The van der Waals surface area contributed by atoms with E-state index in [0.717, 1.165) is 10.9 Å². The van der Waals surface area contributed by atoms with E-state index in [2.05, 4.69) is 12.2 Å². The molecule has 2 atom stereocenters. The first-order valence-electron chi connectivity index (χ1n) is 7.64. The van der Waals surface area contributed by atoms with Crippen LogP contribution in [0.4, 0.5) is 0 Å². The molecule has 3 rings (SSSR count). The standard InChI is InChI=1S/C17H21NO3/c1-11-6-2-4-8-14(11)18-10-13-12-7-3-5-9-15(12)21-16(13)17(19)20/h3,5,7,9,11,14,18H,2,4,6,8,10H2,1H3,(H,19,20). The number of para-hydroxylation sites is 1. The lowest BCUT2D eigenvalue weighted by atomic mass is 9.86. The second-order valence-electron chi connectivity index (χ2n) is 5.96. The van der Waals surface area contributed by atoms with Crippen LogP contribution in [0.2, 0.25) is 0 Å². The van der Waals surface area contributed by atoms with Gasteiger partial charge in [-0.25, -0.2) is 4.79 Å². The molecule has 1 aromatic carbocycles. The summed E-state index contributed by atoms with van der Waals surface area (Å²) in [7, 11) is 0. The molecule has 1 fully saturated rings. The van der Waals surface area contributed by atoms with E-state index in [1.165, 1.54) is 25.7 Å². The summed E-state index contributed by atoms with van der Waals surface area (Å²) in [5, 5.41) is 13.8. The average molecular weight is 287 g/mol. The fraction of sp³-hybridized carbons (Fsp3) is 0.471. The SMILES string of the molecule is CC1CCCCC1NCc1c(C(=O)O)oc2ccccc12. The lowest BCUT2D eigenvalue weighted by Gasteiger charge is -2.29. The van der Waals surface area contributed by atoms with Crippen LogP contribution in [-0.2, 0) is 6.54 Å². The summed E-state index contributed by atoms with van der Waals surface area (Å²) in [6, 6.07) is 7.98. The molecule has 112 valence electrons. The minimum absolute atomic E-state index is 0.0622. The smallest absolute Gasteiger partial charge is 0.372 e. The highest BCUT2D eigenvalue weighted by atomic mass is 16.4. The Morgan fingerprint density at radius 3 is 2.86 bits per heavy atom. The lowest BCUT2D eigenvalue weighted by Crippen LogP contribution is -2.36. The Morgan fingerprint density at radius 1 is 1.33 bits per heavy atom. The van der Waals surface area contributed by atoms with E-state index < -0.39 is 5.97 Å². The molecule has 0 amide bonds. The fourth-order valence-electron chi connectivity index (χ4n) is 3.30. The maximum atomic E-state index is 11.4. The number of hydrogen-bond donors (Lipinski definition) is 2. The zero-order chi connectivity index (χ0) is 14.8. The van der Waals surface area contributed by atoms with Crippen LogP contribution in [-0.4, -0.2) is 17.1 Å². The van der Waals surface area contributed by atoms with E-state index in [-0.39, 0.29) is 5.76 Å². The van der Waals surface area contributed by atoms with Crippen molar-refractivity contribution in [3.8, 4) is 0 Å². The monoisotopic (exact) mass is 287 g/mol. The molecule has 0 bridgehead atoms. The topological polar surface area (TPSA) is 62.5 Å². The molecular formula is C17H21NO3. The summed E-state index contributed by atoms with van der Waals surface area (Å²) >= 11 is 0. The van der Waals surface area contributed by atoms with Gasteiger partial charge in [-0.15, -0.1) is 0 Å². The molecule has 1 aliphatic rings. The highest BCUT2D eigenvalue weighted by Crippen LogP contribution is 2.28. The number of benzene rings is 1. The zero-order valence-corrected chi connectivity index (χ0v) is 12.3. The Kier molecular flexibility index (Phi) is 3.97. The maximum absolute atomic E-state index is 11.4. The molecule has 2 N–H and O–H groups in total. The molecule has 4 nitrogen and oxygen atoms in total. The lowest BCUT2D eigenvalue weighted by molar-refractivity contribution is 0.0663. The molecule has 2 aromatic rings. The van der Waals surface area contributed by atoms with Gasteiger partial charge in [0, 0.05) is 23.5 Å². The molecule has 21 heavy (non-hydrogen) atoms. The van der Waals surface area contributed by atoms with Crippen molar-refractivity contribution in [2.75, 3.05) is 0 Å². The summed E-state index contributed by atoms with van der Waals surface area (Å²) in [5.74, 6) is -0.294. The Morgan fingerprint density at radius 2 is 2.10 bits per heavy atom. The number of carboxylic acids is 1. The molecule has 4 heteroatoms. The van der Waals surface area contributed by atoms with Gasteiger partial charge in [0.05, 0.1) is 0 Å². The summed E-state index contributed by atoms with van der Waals surface area (Å²) in [5.41, 5.74) is 1.40. The molecule has 2 unspecified atom stereocenters. The molecule has 0 aliphatic heterocycles. The van der Waals surface area contributed by atoms with Gasteiger partial charge in [-0.1, -0.05) is 38.0 Å². The van der Waals surface area contributed by atoms with E-state index in [1.54, 1.807) is 0 Å². The van der Waals surface area contributed by atoms with Crippen LogP contribution in [0.3, 0.4) is 0 Å². The van der Waals surface area contributed by atoms with Crippen molar-refractivity contribution in [2.45, 2.75) is 45.2 Å². The number of hydrogen-bond acceptors (Lipinski definition) is 3. The largest absolute Gasteiger partial charge is 0.475 e. The number of aromatic carboxylic acids is 1. The molecule has 1 aliphatic carbocycles. The number of fused-ring (bicyclic) bond motifs is 1. The minimum atomic E-state index is -1.00. The van der Waals surface area contributed by atoms with E-state index in [0.29, 0.717) is 24.1 Å². The van der Waals surface area contributed by atoms with Crippen LogP contribution in [0.25, 0.3) is 11.0 Å². The number of rotatable bonds is 4. The van der Waals surface area contributed by atoms with Gasteiger partial charge in [-0.05, 0) is 24.8 Å². The number of carboxylic acid groups (broad SMARTS) is 1. The van der Waals surface area contributed by atoms with E-state index in [1.807, 2.05) is 24.3 Å². The van der Waals surface area contributed by atoms with Gasteiger partial charge in [-0.2, -0.15) is 0 Å². The summed E-state index contributed by atoms with van der Waals surface area (Å²) in [6.07, 6.45) is 4.96. The van der Waals surface area contributed by atoms with Gasteiger partial charge in [0.25, 0.3) is 0 Å². The molecular weight excluding hydrogens is 266 g/mol. The first kappa shape index (κ1) is 14.1. The number of carbonyl (C=O) groups is 1. The highest BCUT2D eigenvalue weighted by Gasteiger charge is 2.24. The van der Waals surface area contributed by atoms with Crippen LogP contribution in [0.1, 0.15) is 48.7 Å². The number of furan rings is 1. The van der Waals surface area contributed by atoms with Crippen LogP contribution >= 0.6 is 0 Å². The van der Waals surface area contributed by atoms with Crippen molar-refractivity contribution in [1.82, 2.24) is 5.32 Å². The van der Waals surface area contributed by atoms with E-state index >= 15 is 0 Å². The highest BCUT2D eigenvalue weighted by molar-refractivity contribution is 5.95. The van der Waals surface area contributed by atoms with Crippen molar-refractivity contribution in [3.63, 3.8) is 0 Å². The third kappa shape index (κ3) is 2.81. The van der Waals surface area contributed by atoms with Crippen molar-refractivity contribution < 1.29 is 14.3 Å². The molecule has 1 saturated carbocycles. The Balaban J connectivity index is 1.85. The second kappa shape index (κ2) is 5.90. The van der Waals surface area contributed by atoms with E-state index in [4.69, 9.17) is 4.42 Å². The van der Waals surface area contributed by atoms with Gasteiger partial charge < -0.3 is 14.8 Å². The van der Waals surface area contributed by atoms with Gasteiger partial charge in [0.15, 0.2) is 0 Å². The summed E-state index contributed by atoms with van der Waals surface area (Å²) in [4.78, 5) is 11.4. The van der Waals surface area contributed by atoms with Crippen molar-refractivity contribution >= 4 is 16.9 Å². The summed E-state index contributed by atoms with van der Waals surface area (Å²) < 4.78 is 5.49. The van der Waals surface area contributed by atoms with Crippen LogP contribution in [0.15, 0.2) is 28.7 Å². The quantitative estimate of drug-likeness (QED) is 0.898. The Hall–Kier alpha value is -1.81. The first-order chi connectivity index (χ1) is 10.2. The molecule has 1 aromatic heterocycles. The molecule has 0 radical (unpaired) electrons. The molecule has 0 spiro atoms. The number of nitrogens with one attached hydrogen (secondary N) is 1. The Labute approximate surface area is 124 Å². The van der Waals surface area contributed by atoms with E-state index in [9.17, 15) is 9.90 Å². The van der Waals surface area contributed by atoms with Crippen molar-refractivity contribution in [3.05, 3.63) is 35.6 Å². The normalized spacial score (nSPS) is 22.5. The van der Waals surface area contributed by atoms with Gasteiger partial charge in [0.2, 0.25) is 5.76 Å². The van der Waals surface area contributed by atoms with Crippen molar-refractivity contribution in [2.24, 2.45) is 5.92 Å². The van der Waals surface area contributed by atoms with Crippen LogP contribution in [0, 0.1) is 5.92 Å². The van der Waals surface area contributed by atoms with Gasteiger partial charge in [0.1, 0.15) is 5.58 Å². The third-order valence-corrected chi connectivity index (χ3v) is 4.55. The van der Waals surface area contributed by atoms with Gasteiger partial charge >= 0.3 is 5.97 Å². The maximum Gasteiger partial charge on any atom is 0.372 e. The average Bonchev–Trinajstić information content (AvgIpc) is 2.85.